The number of unbranched alkanes of at least 4 members (excludes halogenated alkanes) is 2. The number of carbonyl (C=O) groups excluding carboxylic acids is 1. The second kappa shape index (κ2) is 9.14. The third kappa shape index (κ3) is 5.55. The number of carbonyl (C=O) groups is 1. The highest BCUT2D eigenvalue weighted by Gasteiger charge is 2.07. The molecule has 0 aliphatic heterocycles. The summed E-state index contributed by atoms with van der Waals surface area (Å²) in [6.07, 6.45) is 5.25. The van der Waals surface area contributed by atoms with Gasteiger partial charge in [-0.1, -0.05) is 56.2 Å². The molecule has 0 spiro atoms. The molecule has 0 aliphatic carbocycles. The molecule has 0 N–H and O–H groups in total. The molecule has 2 aromatic carbocycles. The second-order valence-electron chi connectivity index (χ2n) is 5.83. The zero-order valence-corrected chi connectivity index (χ0v) is 14.2. The Labute approximate surface area is 139 Å². The van der Waals surface area contributed by atoms with Gasteiger partial charge in [0, 0.05) is 12.0 Å². The molecule has 0 aromatic heterocycles. The van der Waals surface area contributed by atoms with Gasteiger partial charge in [0.2, 0.25) is 0 Å². The summed E-state index contributed by atoms with van der Waals surface area (Å²) < 4.78 is 5.42. The largest absolute Gasteiger partial charge is 0.494 e. The van der Waals surface area contributed by atoms with Crippen molar-refractivity contribution < 1.29 is 9.53 Å². The fourth-order valence-corrected chi connectivity index (χ4v) is 2.59. The molecule has 2 heteroatoms. The molecular formula is C21H26O2. The first-order valence-corrected chi connectivity index (χ1v) is 8.56. The van der Waals surface area contributed by atoms with Crippen molar-refractivity contribution in [2.24, 2.45) is 0 Å². The highest BCUT2D eigenvalue weighted by molar-refractivity contribution is 5.97. The van der Waals surface area contributed by atoms with Crippen LogP contribution < -0.4 is 4.74 Å². The van der Waals surface area contributed by atoms with E-state index in [4.69, 9.17) is 4.74 Å². The van der Waals surface area contributed by atoms with Gasteiger partial charge in [-0.05, 0) is 43.0 Å². The van der Waals surface area contributed by atoms with E-state index in [-0.39, 0.29) is 5.78 Å². The van der Waals surface area contributed by atoms with E-state index in [2.05, 4.69) is 19.1 Å². The molecule has 0 unspecified atom stereocenters. The van der Waals surface area contributed by atoms with Crippen LogP contribution in [0.5, 0.6) is 5.75 Å². The Bertz CT molecular complexity index is 597. The predicted molar refractivity (Wildman–Crippen MR) is 95.3 cm³/mol. The molecule has 122 valence electrons. The first kappa shape index (κ1) is 17.3. The Balaban J connectivity index is 1.92. The molecule has 0 radical (unpaired) electrons. The standard InChI is InChI=1S/C21H26O2/c1-3-5-6-7-17-8-12-19(13-9-17)21(22)16-18-10-14-20(15-11-18)23-4-2/h8-15H,3-7,16H2,1-2H3. The third-order valence-corrected chi connectivity index (χ3v) is 3.94. The van der Waals surface area contributed by atoms with Gasteiger partial charge in [-0.25, -0.2) is 0 Å². The van der Waals surface area contributed by atoms with Crippen molar-refractivity contribution in [3.63, 3.8) is 0 Å². The van der Waals surface area contributed by atoms with Crippen molar-refractivity contribution in [1.82, 2.24) is 0 Å². The molecule has 0 atom stereocenters. The number of hydrogen-bond acceptors (Lipinski definition) is 2. The lowest BCUT2D eigenvalue weighted by molar-refractivity contribution is 0.0993. The van der Waals surface area contributed by atoms with Crippen LogP contribution >= 0.6 is 0 Å². The van der Waals surface area contributed by atoms with E-state index in [0.717, 1.165) is 23.3 Å². The van der Waals surface area contributed by atoms with Crippen LogP contribution in [0.4, 0.5) is 0 Å². The van der Waals surface area contributed by atoms with E-state index < -0.39 is 0 Å². The van der Waals surface area contributed by atoms with Crippen molar-refractivity contribution in [3.05, 3.63) is 65.2 Å². The summed E-state index contributed by atoms with van der Waals surface area (Å²) in [7, 11) is 0. The van der Waals surface area contributed by atoms with Crippen molar-refractivity contribution >= 4 is 5.78 Å². The zero-order valence-electron chi connectivity index (χ0n) is 14.2. The van der Waals surface area contributed by atoms with Gasteiger partial charge in [0.15, 0.2) is 5.78 Å². The Morgan fingerprint density at radius 2 is 1.52 bits per heavy atom. The molecule has 0 saturated carbocycles. The normalized spacial score (nSPS) is 10.5. The van der Waals surface area contributed by atoms with Gasteiger partial charge in [0.05, 0.1) is 6.61 Å². The molecular weight excluding hydrogens is 284 g/mol. The SMILES string of the molecule is CCCCCc1ccc(C(=O)Cc2ccc(OCC)cc2)cc1. The number of aryl methyl sites for hydroxylation is 1. The first-order valence-electron chi connectivity index (χ1n) is 8.56. The highest BCUT2D eigenvalue weighted by Crippen LogP contribution is 2.15. The molecule has 2 rings (SSSR count). The maximum absolute atomic E-state index is 12.4. The summed E-state index contributed by atoms with van der Waals surface area (Å²) in [6.45, 7) is 4.83. The number of hydrogen-bond donors (Lipinski definition) is 0. The van der Waals surface area contributed by atoms with Crippen molar-refractivity contribution in [2.45, 2.75) is 46.0 Å². The predicted octanol–water partition coefficient (Wildman–Crippen LogP) is 5.24. The van der Waals surface area contributed by atoms with Gasteiger partial charge >= 0.3 is 0 Å². The van der Waals surface area contributed by atoms with Crippen LogP contribution in [0.1, 0.15) is 54.6 Å². The molecule has 0 aliphatic rings. The Morgan fingerprint density at radius 3 is 2.13 bits per heavy atom. The van der Waals surface area contributed by atoms with E-state index in [1.807, 2.05) is 43.3 Å². The lowest BCUT2D eigenvalue weighted by Crippen LogP contribution is -2.03. The molecule has 2 aromatic rings. The fourth-order valence-electron chi connectivity index (χ4n) is 2.59. The number of ether oxygens (including phenoxy) is 1. The monoisotopic (exact) mass is 310 g/mol. The van der Waals surface area contributed by atoms with Crippen LogP contribution in [0, 0.1) is 0 Å². The lowest BCUT2D eigenvalue weighted by atomic mass is 10.00. The van der Waals surface area contributed by atoms with E-state index in [1.165, 1.54) is 24.8 Å². The Kier molecular flexibility index (Phi) is 6.86. The molecule has 0 fully saturated rings. The third-order valence-electron chi connectivity index (χ3n) is 3.94. The maximum atomic E-state index is 12.4. The minimum absolute atomic E-state index is 0.161. The highest BCUT2D eigenvalue weighted by atomic mass is 16.5. The summed E-state index contributed by atoms with van der Waals surface area (Å²) in [6, 6.07) is 15.8. The van der Waals surface area contributed by atoms with E-state index in [1.54, 1.807) is 0 Å². The summed E-state index contributed by atoms with van der Waals surface area (Å²) in [5.41, 5.74) is 3.12. The molecule has 23 heavy (non-hydrogen) atoms. The quantitative estimate of drug-likeness (QED) is 0.467. The van der Waals surface area contributed by atoms with Gasteiger partial charge < -0.3 is 4.74 Å². The fraction of sp³-hybridized carbons (Fsp3) is 0.381. The molecule has 0 amide bonds. The minimum atomic E-state index is 0.161. The topological polar surface area (TPSA) is 26.3 Å². The average Bonchev–Trinajstić information content (AvgIpc) is 2.58. The molecule has 0 saturated heterocycles. The van der Waals surface area contributed by atoms with Gasteiger partial charge in [-0.15, -0.1) is 0 Å². The summed E-state index contributed by atoms with van der Waals surface area (Å²) in [5.74, 6) is 1.01. The van der Waals surface area contributed by atoms with Crippen LogP contribution in [-0.2, 0) is 12.8 Å². The van der Waals surface area contributed by atoms with Crippen molar-refractivity contribution in [1.29, 1.82) is 0 Å². The average molecular weight is 310 g/mol. The van der Waals surface area contributed by atoms with Gasteiger partial charge in [-0.2, -0.15) is 0 Å². The van der Waals surface area contributed by atoms with E-state index >= 15 is 0 Å². The van der Waals surface area contributed by atoms with Crippen LogP contribution in [0.25, 0.3) is 0 Å². The summed E-state index contributed by atoms with van der Waals surface area (Å²) in [5, 5.41) is 0. The molecule has 0 bridgehead atoms. The number of Topliss-reactive ketones (excluding diaryl/α,β-unsaturated/α-hetero) is 1. The lowest BCUT2D eigenvalue weighted by Gasteiger charge is -2.06. The molecule has 2 nitrogen and oxygen atoms in total. The van der Waals surface area contributed by atoms with E-state index in [9.17, 15) is 4.79 Å². The molecule has 0 heterocycles. The number of rotatable bonds is 9. The van der Waals surface area contributed by atoms with Gasteiger partial charge in [0.25, 0.3) is 0 Å². The minimum Gasteiger partial charge on any atom is -0.494 e. The van der Waals surface area contributed by atoms with E-state index in [0.29, 0.717) is 13.0 Å². The summed E-state index contributed by atoms with van der Waals surface area (Å²) >= 11 is 0. The maximum Gasteiger partial charge on any atom is 0.167 e. The first-order chi connectivity index (χ1) is 11.2. The number of ketones is 1. The Hall–Kier alpha value is -2.09. The summed E-state index contributed by atoms with van der Waals surface area (Å²) in [4.78, 5) is 12.4. The Morgan fingerprint density at radius 1 is 0.870 bits per heavy atom. The van der Waals surface area contributed by atoms with Gasteiger partial charge in [-0.3, -0.25) is 4.79 Å². The van der Waals surface area contributed by atoms with Crippen molar-refractivity contribution in [3.8, 4) is 5.75 Å². The zero-order chi connectivity index (χ0) is 16.5. The van der Waals surface area contributed by atoms with Gasteiger partial charge in [0.1, 0.15) is 5.75 Å². The van der Waals surface area contributed by atoms with Crippen molar-refractivity contribution in [2.75, 3.05) is 6.61 Å². The smallest absolute Gasteiger partial charge is 0.167 e. The number of benzene rings is 2. The van der Waals surface area contributed by atoms with Crippen LogP contribution in [0.15, 0.2) is 48.5 Å². The van der Waals surface area contributed by atoms with Crippen LogP contribution in [0.2, 0.25) is 0 Å². The van der Waals surface area contributed by atoms with Crippen LogP contribution in [0.3, 0.4) is 0 Å². The second-order valence-corrected chi connectivity index (χ2v) is 5.83. The van der Waals surface area contributed by atoms with Crippen LogP contribution in [-0.4, -0.2) is 12.4 Å².